The Labute approximate surface area is 168 Å². The molecule has 1 unspecified atom stereocenters. The number of rotatable bonds is 10. The smallest absolute Gasteiger partial charge is 0.225 e. The lowest BCUT2D eigenvalue weighted by Crippen LogP contribution is -2.58. The molecule has 0 bridgehead atoms. The van der Waals surface area contributed by atoms with E-state index in [-0.39, 0.29) is 29.2 Å². The molecule has 1 atom stereocenters. The summed E-state index contributed by atoms with van der Waals surface area (Å²) in [6.07, 6.45) is 10.1. The summed E-state index contributed by atoms with van der Waals surface area (Å²) in [6.45, 7) is 3.94. The summed E-state index contributed by atoms with van der Waals surface area (Å²) >= 11 is 0. The number of hydrogen-bond donors (Lipinski definition) is 3. The molecular formula is C21H37N3O4. The lowest BCUT2D eigenvalue weighted by atomic mass is 9.81. The van der Waals surface area contributed by atoms with Crippen LogP contribution in [0.25, 0.3) is 0 Å². The standard InChI is InChI=1S/C21H37N3O4/c1-17(25)22-13-7-2-4-10-19(26)23-16-21(11-5-3-6-12-21)24-20(27)18-9-8-14-28-15-18/h18H,2-16H2,1H3,(H,22,25)(H,23,26)(H,24,27). The fourth-order valence-corrected chi connectivity index (χ4v) is 4.09. The van der Waals surface area contributed by atoms with Gasteiger partial charge in [0.1, 0.15) is 0 Å². The molecular weight excluding hydrogens is 358 g/mol. The molecule has 160 valence electrons. The van der Waals surface area contributed by atoms with Crippen LogP contribution >= 0.6 is 0 Å². The second kappa shape index (κ2) is 12.0. The zero-order valence-corrected chi connectivity index (χ0v) is 17.3. The van der Waals surface area contributed by atoms with Crippen molar-refractivity contribution in [1.29, 1.82) is 0 Å². The van der Waals surface area contributed by atoms with Gasteiger partial charge in [-0.1, -0.05) is 25.7 Å². The van der Waals surface area contributed by atoms with Gasteiger partial charge in [-0.2, -0.15) is 0 Å². The van der Waals surface area contributed by atoms with E-state index in [1.54, 1.807) is 0 Å². The van der Waals surface area contributed by atoms with Crippen LogP contribution in [0.1, 0.15) is 77.6 Å². The minimum absolute atomic E-state index is 0.0163. The molecule has 1 aliphatic heterocycles. The molecule has 2 fully saturated rings. The van der Waals surface area contributed by atoms with E-state index in [2.05, 4.69) is 16.0 Å². The third kappa shape index (κ3) is 8.17. The highest BCUT2D eigenvalue weighted by molar-refractivity contribution is 5.80. The summed E-state index contributed by atoms with van der Waals surface area (Å²) in [4.78, 5) is 35.8. The molecule has 28 heavy (non-hydrogen) atoms. The highest BCUT2D eigenvalue weighted by atomic mass is 16.5. The predicted molar refractivity (Wildman–Crippen MR) is 108 cm³/mol. The van der Waals surface area contributed by atoms with E-state index in [0.29, 0.717) is 26.1 Å². The van der Waals surface area contributed by atoms with Crippen molar-refractivity contribution >= 4 is 17.7 Å². The maximum absolute atomic E-state index is 12.7. The maximum atomic E-state index is 12.7. The summed E-state index contributed by atoms with van der Waals surface area (Å²) < 4.78 is 5.46. The van der Waals surface area contributed by atoms with Crippen LogP contribution in [0.5, 0.6) is 0 Å². The summed E-state index contributed by atoms with van der Waals surface area (Å²) in [5, 5.41) is 9.10. The van der Waals surface area contributed by atoms with Crippen LogP contribution in [-0.2, 0) is 19.1 Å². The molecule has 0 aromatic heterocycles. The summed E-state index contributed by atoms with van der Waals surface area (Å²) in [6, 6.07) is 0. The van der Waals surface area contributed by atoms with E-state index in [0.717, 1.165) is 64.4 Å². The Balaban J connectivity index is 1.72. The van der Waals surface area contributed by atoms with Gasteiger partial charge in [-0.25, -0.2) is 0 Å². The zero-order valence-electron chi connectivity index (χ0n) is 17.3. The minimum atomic E-state index is -0.312. The number of nitrogens with one attached hydrogen (secondary N) is 3. The average molecular weight is 396 g/mol. The van der Waals surface area contributed by atoms with Gasteiger partial charge in [0.05, 0.1) is 18.1 Å². The van der Waals surface area contributed by atoms with Crippen LogP contribution in [0, 0.1) is 5.92 Å². The van der Waals surface area contributed by atoms with Crippen molar-refractivity contribution in [2.75, 3.05) is 26.3 Å². The van der Waals surface area contributed by atoms with Crippen molar-refractivity contribution in [2.24, 2.45) is 5.92 Å². The van der Waals surface area contributed by atoms with Crippen molar-refractivity contribution in [3.8, 4) is 0 Å². The lowest BCUT2D eigenvalue weighted by Gasteiger charge is -2.39. The maximum Gasteiger partial charge on any atom is 0.225 e. The summed E-state index contributed by atoms with van der Waals surface area (Å²) in [5.74, 6) is 0.0396. The third-order valence-corrected chi connectivity index (χ3v) is 5.81. The molecule has 1 heterocycles. The number of carbonyl (C=O) groups is 3. The Morgan fingerprint density at radius 1 is 1.00 bits per heavy atom. The second-order valence-corrected chi connectivity index (χ2v) is 8.31. The van der Waals surface area contributed by atoms with E-state index in [1.807, 2.05) is 0 Å². The minimum Gasteiger partial charge on any atom is -0.381 e. The number of hydrogen-bond acceptors (Lipinski definition) is 4. The normalized spacial score (nSPS) is 21.5. The first-order valence-electron chi connectivity index (χ1n) is 10.9. The topological polar surface area (TPSA) is 96.5 Å². The number of ether oxygens (including phenoxy) is 1. The van der Waals surface area contributed by atoms with E-state index in [9.17, 15) is 14.4 Å². The third-order valence-electron chi connectivity index (χ3n) is 5.81. The molecule has 7 heteroatoms. The SMILES string of the molecule is CC(=O)NCCCCCC(=O)NCC1(NC(=O)C2CCCOC2)CCCCC1. The van der Waals surface area contributed by atoms with Gasteiger partial charge in [-0.15, -0.1) is 0 Å². The van der Waals surface area contributed by atoms with Gasteiger partial charge in [-0.3, -0.25) is 14.4 Å². The first kappa shape index (κ1) is 22.7. The van der Waals surface area contributed by atoms with Gasteiger partial charge < -0.3 is 20.7 Å². The van der Waals surface area contributed by atoms with E-state index >= 15 is 0 Å². The number of carbonyl (C=O) groups excluding carboxylic acids is 3. The van der Waals surface area contributed by atoms with Crippen LogP contribution in [0.4, 0.5) is 0 Å². The molecule has 2 aliphatic rings. The Morgan fingerprint density at radius 2 is 1.79 bits per heavy atom. The molecule has 0 aromatic rings. The van der Waals surface area contributed by atoms with Gasteiger partial charge in [-0.05, 0) is 38.5 Å². The molecule has 7 nitrogen and oxygen atoms in total. The molecule has 1 saturated heterocycles. The van der Waals surface area contributed by atoms with Crippen LogP contribution in [0.2, 0.25) is 0 Å². The molecule has 0 aromatic carbocycles. The predicted octanol–water partition coefficient (Wildman–Crippen LogP) is 2.04. The van der Waals surface area contributed by atoms with E-state index < -0.39 is 0 Å². The molecule has 3 amide bonds. The summed E-state index contributed by atoms with van der Waals surface area (Å²) in [5.41, 5.74) is -0.312. The van der Waals surface area contributed by atoms with Gasteiger partial charge in [0.15, 0.2) is 0 Å². The van der Waals surface area contributed by atoms with E-state index in [1.165, 1.54) is 13.3 Å². The Hall–Kier alpha value is -1.63. The molecule has 0 radical (unpaired) electrons. The van der Waals surface area contributed by atoms with Gasteiger partial charge in [0.2, 0.25) is 17.7 Å². The van der Waals surface area contributed by atoms with Crippen molar-refractivity contribution in [1.82, 2.24) is 16.0 Å². The first-order chi connectivity index (χ1) is 13.5. The molecule has 2 rings (SSSR count). The molecule has 3 N–H and O–H groups in total. The lowest BCUT2D eigenvalue weighted by molar-refractivity contribution is -0.132. The Kier molecular flexibility index (Phi) is 9.75. The van der Waals surface area contributed by atoms with Gasteiger partial charge >= 0.3 is 0 Å². The van der Waals surface area contributed by atoms with Gasteiger partial charge in [0, 0.05) is 33.0 Å². The fraction of sp³-hybridized carbons (Fsp3) is 0.857. The van der Waals surface area contributed by atoms with E-state index in [4.69, 9.17) is 4.74 Å². The number of unbranched alkanes of at least 4 members (excludes halogenated alkanes) is 2. The zero-order chi connectivity index (χ0) is 20.2. The van der Waals surface area contributed by atoms with Crippen LogP contribution in [0.15, 0.2) is 0 Å². The summed E-state index contributed by atoms with van der Waals surface area (Å²) in [7, 11) is 0. The second-order valence-electron chi connectivity index (χ2n) is 8.31. The molecule has 0 spiro atoms. The van der Waals surface area contributed by atoms with Gasteiger partial charge in [0.25, 0.3) is 0 Å². The van der Waals surface area contributed by atoms with Crippen LogP contribution in [-0.4, -0.2) is 49.6 Å². The quantitative estimate of drug-likeness (QED) is 0.493. The molecule has 1 aliphatic carbocycles. The Morgan fingerprint density at radius 3 is 2.46 bits per heavy atom. The average Bonchev–Trinajstić information content (AvgIpc) is 2.70. The molecule has 1 saturated carbocycles. The monoisotopic (exact) mass is 395 g/mol. The first-order valence-corrected chi connectivity index (χ1v) is 10.9. The van der Waals surface area contributed by atoms with Crippen molar-refractivity contribution in [3.05, 3.63) is 0 Å². The van der Waals surface area contributed by atoms with Crippen molar-refractivity contribution < 1.29 is 19.1 Å². The Bertz CT molecular complexity index is 512. The number of amides is 3. The van der Waals surface area contributed by atoms with Crippen LogP contribution in [0.3, 0.4) is 0 Å². The van der Waals surface area contributed by atoms with Crippen molar-refractivity contribution in [2.45, 2.75) is 83.1 Å². The fourth-order valence-electron chi connectivity index (χ4n) is 4.09. The van der Waals surface area contributed by atoms with Crippen LogP contribution < -0.4 is 16.0 Å². The highest BCUT2D eigenvalue weighted by Gasteiger charge is 2.36. The largest absolute Gasteiger partial charge is 0.381 e. The highest BCUT2D eigenvalue weighted by Crippen LogP contribution is 2.29. The van der Waals surface area contributed by atoms with Crippen molar-refractivity contribution in [3.63, 3.8) is 0 Å².